The van der Waals surface area contributed by atoms with Crippen LogP contribution in [0.25, 0.3) is 0 Å². The minimum atomic E-state index is 0.310. The zero-order valence-corrected chi connectivity index (χ0v) is 10.9. The third kappa shape index (κ3) is 3.42. The highest BCUT2D eigenvalue weighted by atomic mass is 35.5. The maximum Gasteiger partial charge on any atom is 0.158 e. The average molecular weight is 277 g/mol. The van der Waals surface area contributed by atoms with Gasteiger partial charge in [-0.05, 0) is 0 Å². The number of nitrogens with zero attached hydrogens (tertiary/aromatic N) is 2. The van der Waals surface area contributed by atoms with E-state index in [0.29, 0.717) is 10.3 Å². The van der Waals surface area contributed by atoms with E-state index in [1.54, 1.807) is 0 Å². The molecule has 0 heterocycles. The Balaban J connectivity index is 2.20. The number of benzene rings is 2. The largest absolute Gasteiger partial charge is 0.158 e. The molecule has 0 spiro atoms. The van der Waals surface area contributed by atoms with E-state index in [4.69, 9.17) is 23.2 Å². The van der Waals surface area contributed by atoms with Crippen molar-refractivity contribution in [2.45, 2.75) is 0 Å². The van der Waals surface area contributed by atoms with E-state index < -0.39 is 0 Å². The molecule has 0 atom stereocenters. The zero-order valence-electron chi connectivity index (χ0n) is 9.42. The zero-order chi connectivity index (χ0) is 12.8. The fraction of sp³-hybridized carbons (Fsp3) is 0. The van der Waals surface area contributed by atoms with E-state index in [0.717, 1.165) is 11.1 Å². The maximum atomic E-state index is 6.02. The molecule has 0 saturated carbocycles. The molecule has 2 aromatic carbocycles. The van der Waals surface area contributed by atoms with Gasteiger partial charge in [0.05, 0.1) is 0 Å². The Labute approximate surface area is 116 Å². The van der Waals surface area contributed by atoms with Crippen molar-refractivity contribution in [3.05, 3.63) is 71.8 Å². The van der Waals surface area contributed by atoms with Crippen LogP contribution in [0.15, 0.2) is 70.9 Å². The minimum absolute atomic E-state index is 0.310. The molecular formula is C14H10Cl2N2. The van der Waals surface area contributed by atoms with Crippen LogP contribution in [0.4, 0.5) is 0 Å². The van der Waals surface area contributed by atoms with E-state index in [1.807, 2.05) is 60.7 Å². The molecule has 0 bridgehead atoms. The molecule has 0 aliphatic carbocycles. The molecule has 0 N–H and O–H groups in total. The predicted molar refractivity (Wildman–Crippen MR) is 77.7 cm³/mol. The molecule has 0 fully saturated rings. The van der Waals surface area contributed by atoms with Crippen molar-refractivity contribution in [2.75, 3.05) is 0 Å². The fourth-order valence-electron chi connectivity index (χ4n) is 1.35. The van der Waals surface area contributed by atoms with Crippen LogP contribution in [0.1, 0.15) is 11.1 Å². The highest BCUT2D eigenvalue weighted by molar-refractivity contribution is 6.71. The van der Waals surface area contributed by atoms with Crippen LogP contribution in [-0.4, -0.2) is 10.3 Å². The normalized spacial score (nSPS) is 12.6. The number of rotatable bonds is 3. The molecule has 0 aromatic heterocycles. The molecule has 0 aliphatic rings. The standard InChI is InChI=1S/C14H10Cl2N2/c15-13(11-7-3-1-4-8-11)17-18-14(16)12-9-5-2-6-10-12/h1-10H/b17-13+,18-14+. The van der Waals surface area contributed by atoms with Gasteiger partial charge in [-0.15, -0.1) is 10.2 Å². The summed E-state index contributed by atoms with van der Waals surface area (Å²) in [5.74, 6) is 0. The first kappa shape index (κ1) is 12.8. The molecule has 2 rings (SSSR count). The summed E-state index contributed by atoms with van der Waals surface area (Å²) < 4.78 is 0. The van der Waals surface area contributed by atoms with E-state index in [-0.39, 0.29) is 0 Å². The lowest BCUT2D eigenvalue weighted by Gasteiger charge is -1.97. The Hall–Kier alpha value is -1.64. The van der Waals surface area contributed by atoms with E-state index in [2.05, 4.69) is 10.2 Å². The molecule has 90 valence electrons. The van der Waals surface area contributed by atoms with Crippen molar-refractivity contribution in [1.82, 2.24) is 0 Å². The highest BCUT2D eigenvalue weighted by Crippen LogP contribution is 2.08. The molecule has 4 heteroatoms. The maximum absolute atomic E-state index is 6.02. The summed E-state index contributed by atoms with van der Waals surface area (Å²) in [6.45, 7) is 0. The van der Waals surface area contributed by atoms with E-state index in [1.165, 1.54) is 0 Å². The van der Waals surface area contributed by atoms with Gasteiger partial charge in [-0.1, -0.05) is 83.9 Å². The lowest BCUT2D eigenvalue weighted by Crippen LogP contribution is -1.92. The van der Waals surface area contributed by atoms with Crippen LogP contribution >= 0.6 is 23.2 Å². The van der Waals surface area contributed by atoms with Gasteiger partial charge >= 0.3 is 0 Å². The second-order valence-electron chi connectivity index (χ2n) is 3.51. The average Bonchev–Trinajstić information content (AvgIpc) is 2.46. The lowest BCUT2D eigenvalue weighted by molar-refractivity contribution is 1.25. The second kappa shape index (κ2) is 6.34. The molecule has 0 amide bonds. The van der Waals surface area contributed by atoms with Crippen LogP contribution < -0.4 is 0 Å². The summed E-state index contributed by atoms with van der Waals surface area (Å²) >= 11 is 12.0. The third-order valence-corrected chi connectivity index (χ3v) is 2.84. The molecule has 0 saturated heterocycles. The van der Waals surface area contributed by atoms with Gasteiger partial charge in [-0.3, -0.25) is 0 Å². The molecule has 0 radical (unpaired) electrons. The highest BCUT2D eigenvalue weighted by Gasteiger charge is 2.00. The summed E-state index contributed by atoms with van der Waals surface area (Å²) in [5.41, 5.74) is 1.61. The molecular weight excluding hydrogens is 267 g/mol. The number of halogens is 2. The topological polar surface area (TPSA) is 24.7 Å². The third-order valence-electron chi connectivity index (χ3n) is 2.25. The quantitative estimate of drug-likeness (QED) is 0.591. The van der Waals surface area contributed by atoms with Gasteiger partial charge in [0.25, 0.3) is 0 Å². The summed E-state index contributed by atoms with van der Waals surface area (Å²) in [4.78, 5) is 0. The first-order valence-electron chi connectivity index (χ1n) is 5.35. The summed E-state index contributed by atoms with van der Waals surface area (Å²) in [7, 11) is 0. The summed E-state index contributed by atoms with van der Waals surface area (Å²) in [6, 6.07) is 18.8. The van der Waals surface area contributed by atoms with Gasteiger partial charge in [0.2, 0.25) is 0 Å². The van der Waals surface area contributed by atoms with E-state index >= 15 is 0 Å². The summed E-state index contributed by atoms with van der Waals surface area (Å²) in [6.07, 6.45) is 0. The van der Waals surface area contributed by atoms with Crippen LogP contribution in [0, 0.1) is 0 Å². The smallest absolute Gasteiger partial charge is 0.136 e. The van der Waals surface area contributed by atoms with Crippen LogP contribution in [0.2, 0.25) is 0 Å². The van der Waals surface area contributed by atoms with Crippen molar-refractivity contribution in [1.29, 1.82) is 0 Å². The minimum Gasteiger partial charge on any atom is -0.136 e. The van der Waals surface area contributed by atoms with Crippen LogP contribution in [-0.2, 0) is 0 Å². The van der Waals surface area contributed by atoms with Crippen molar-refractivity contribution in [3.63, 3.8) is 0 Å². The Morgan fingerprint density at radius 3 is 1.28 bits per heavy atom. The van der Waals surface area contributed by atoms with Crippen molar-refractivity contribution in [2.24, 2.45) is 10.2 Å². The van der Waals surface area contributed by atoms with Gasteiger partial charge in [0, 0.05) is 11.1 Å². The lowest BCUT2D eigenvalue weighted by atomic mass is 10.2. The predicted octanol–water partition coefficient (Wildman–Crippen LogP) is 4.27. The monoisotopic (exact) mass is 276 g/mol. The van der Waals surface area contributed by atoms with Gasteiger partial charge in [-0.25, -0.2) is 0 Å². The summed E-state index contributed by atoms with van der Waals surface area (Å²) in [5, 5.41) is 8.44. The second-order valence-corrected chi connectivity index (χ2v) is 4.23. The fourth-order valence-corrected chi connectivity index (χ4v) is 1.68. The first-order valence-corrected chi connectivity index (χ1v) is 6.10. The number of hydrogen-bond acceptors (Lipinski definition) is 2. The Morgan fingerprint density at radius 2 is 0.944 bits per heavy atom. The SMILES string of the molecule is Cl/C(=N/N=C(/Cl)c1ccccc1)c1ccccc1. The van der Waals surface area contributed by atoms with Crippen molar-refractivity contribution >= 4 is 33.5 Å². The van der Waals surface area contributed by atoms with Gasteiger partial charge < -0.3 is 0 Å². The molecule has 2 nitrogen and oxygen atoms in total. The van der Waals surface area contributed by atoms with Crippen molar-refractivity contribution < 1.29 is 0 Å². The van der Waals surface area contributed by atoms with Gasteiger partial charge in [-0.2, -0.15) is 0 Å². The molecule has 0 unspecified atom stereocenters. The first-order chi connectivity index (χ1) is 8.77. The Bertz CT molecular complexity index is 509. The van der Waals surface area contributed by atoms with E-state index in [9.17, 15) is 0 Å². The number of hydrogen-bond donors (Lipinski definition) is 0. The van der Waals surface area contributed by atoms with Crippen molar-refractivity contribution in [3.8, 4) is 0 Å². The van der Waals surface area contributed by atoms with Crippen LogP contribution in [0.3, 0.4) is 0 Å². The Morgan fingerprint density at radius 1 is 0.611 bits per heavy atom. The molecule has 2 aromatic rings. The molecule has 0 aliphatic heterocycles. The molecule has 18 heavy (non-hydrogen) atoms. The Kier molecular flexibility index (Phi) is 4.51. The van der Waals surface area contributed by atoms with Gasteiger partial charge in [0.15, 0.2) is 10.3 Å². The van der Waals surface area contributed by atoms with Crippen LogP contribution in [0.5, 0.6) is 0 Å². The van der Waals surface area contributed by atoms with Gasteiger partial charge in [0.1, 0.15) is 0 Å².